The Hall–Kier alpha value is -1.67. The van der Waals surface area contributed by atoms with Crippen molar-refractivity contribution in [3.63, 3.8) is 0 Å². The Kier molecular flexibility index (Phi) is 7.00. The Bertz CT molecular complexity index is 736. The third kappa shape index (κ3) is 5.48. The van der Waals surface area contributed by atoms with Gasteiger partial charge in [0.05, 0.1) is 5.70 Å². The minimum Gasteiger partial charge on any atom is -0.591 e. The van der Waals surface area contributed by atoms with Gasteiger partial charge in [0.25, 0.3) is 0 Å². The molecule has 8 heteroatoms. The minimum absolute atomic E-state index is 0.302. The minimum atomic E-state index is -1.42. The van der Waals surface area contributed by atoms with E-state index in [1.165, 1.54) is 0 Å². The predicted molar refractivity (Wildman–Crippen MR) is 120 cm³/mol. The third-order valence-electron chi connectivity index (χ3n) is 5.02. The lowest BCUT2D eigenvalue weighted by Gasteiger charge is -2.39. The molecule has 2 aliphatic rings. The van der Waals surface area contributed by atoms with E-state index >= 15 is 0 Å². The second-order valence-corrected chi connectivity index (χ2v) is 11.5. The largest absolute Gasteiger partial charge is 0.591 e. The standard InChI is InChI=1S/C21H34N4O3S/c1-9-23-15-14-21(17(16(15)22-8)24-29(27)20(5,6)7)10-12-25(13-11-21)18(26)28-19(2,3)4/h9H,8,10-14H2,1-7H3. The van der Waals surface area contributed by atoms with E-state index in [-0.39, 0.29) is 11.5 Å². The molecule has 0 radical (unpaired) electrons. The molecular formula is C21H34N4O3S. The fraction of sp³-hybridized carbons (Fsp3) is 0.714. The molecule has 0 N–H and O–H groups in total. The maximum absolute atomic E-state index is 12.8. The lowest BCUT2D eigenvalue weighted by Crippen LogP contribution is -2.47. The number of piperidine rings is 1. The van der Waals surface area contributed by atoms with Crippen LogP contribution in [0.3, 0.4) is 0 Å². The van der Waals surface area contributed by atoms with Crippen LogP contribution in [-0.4, -0.2) is 57.6 Å². The van der Waals surface area contributed by atoms with E-state index in [2.05, 4.69) is 21.1 Å². The van der Waals surface area contributed by atoms with E-state index in [0.29, 0.717) is 43.8 Å². The maximum Gasteiger partial charge on any atom is 0.410 e. The van der Waals surface area contributed by atoms with Crippen LogP contribution >= 0.6 is 0 Å². The van der Waals surface area contributed by atoms with Gasteiger partial charge in [-0.1, -0.05) is 4.40 Å². The second-order valence-electron chi connectivity index (χ2n) is 9.57. The highest BCUT2D eigenvalue weighted by Gasteiger charge is 2.49. The van der Waals surface area contributed by atoms with Crippen molar-refractivity contribution in [1.82, 2.24) is 4.90 Å². The SMILES string of the molecule is C=NC1=C(N=CC)CC2(CCN(C(=O)OC(C)(C)C)CC2)C1=N[S+]([O-])C(C)(C)C. The molecular weight excluding hydrogens is 388 g/mol. The van der Waals surface area contributed by atoms with E-state index in [9.17, 15) is 9.35 Å². The molecule has 1 heterocycles. The summed E-state index contributed by atoms with van der Waals surface area (Å²) in [5.74, 6) is 0. The summed E-state index contributed by atoms with van der Waals surface area (Å²) in [4.78, 5) is 22.9. The topological polar surface area (TPSA) is 89.7 Å². The second kappa shape index (κ2) is 8.60. The number of carbonyl (C=O) groups excluding carboxylic acids is 1. The van der Waals surface area contributed by atoms with Gasteiger partial charge in [-0.15, -0.1) is 0 Å². The lowest BCUT2D eigenvalue weighted by atomic mass is 9.74. The first-order valence-corrected chi connectivity index (χ1v) is 11.1. The first-order chi connectivity index (χ1) is 13.3. The normalized spacial score (nSPS) is 22.6. The molecule has 1 saturated heterocycles. The highest BCUT2D eigenvalue weighted by atomic mass is 32.2. The molecule has 0 saturated carbocycles. The van der Waals surface area contributed by atoms with Gasteiger partial charge in [0.15, 0.2) is 0 Å². The van der Waals surface area contributed by atoms with Gasteiger partial charge in [-0.3, -0.25) is 9.98 Å². The molecule has 0 aromatic carbocycles. The Morgan fingerprint density at radius 1 is 1.24 bits per heavy atom. The van der Waals surface area contributed by atoms with Crippen molar-refractivity contribution in [2.45, 2.75) is 78.1 Å². The van der Waals surface area contributed by atoms with Gasteiger partial charge in [0, 0.05) is 31.1 Å². The molecule has 0 aromatic rings. The molecule has 29 heavy (non-hydrogen) atoms. The highest BCUT2D eigenvalue weighted by Crippen LogP contribution is 2.48. The van der Waals surface area contributed by atoms with Crippen LogP contribution in [0.4, 0.5) is 4.79 Å². The summed E-state index contributed by atoms with van der Waals surface area (Å²) in [5.41, 5.74) is 1.30. The van der Waals surface area contributed by atoms with Gasteiger partial charge in [-0.05, 0) is 68.0 Å². The number of rotatable bonds is 3. The van der Waals surface area contributed by atoms with Gasteiger partial charge >= 0.3 is 6.09 Å². The molecule has 1 fully saturated rings. The zero-order valence-corrected chi connectivity index (χ0v) is 19.6. The molecule has 1 amide bonds. The number of carbonyl (C=O) groups is 1. The number of allylic oxidation sites excluding steroid dienone is 2. The summed E-state index contributed by atoms with van der Waals surface area (Å²) in [6, 6.07) is 0. The van der Waals surface area contributed by atoms with Crippen molar-refractivity contribution in [3.8, 4) is 0 Å². The summed E-state index contributed by atoms with van der Waals surface area (Å²) in [6.45, 7) is 17.9. The summed E-state index contributed by atoms with van der Waals surface area (Å²) in [7, 11) is 0. The molecule has 1 aliphatic carbocycles. The molecule has 1 aliphatic heterocycles. The molecule has 1 unspecified atom stereocenters. The Morgan fingerprint density at radius 2 is 1.83 bits per heavy atom. The maximum atomic E-state index is 12.8. The summed E-state index contributed by atoms with van der Waals surface area (Å²) >= 11 is -1.42. The van der Waals surface area contributed by atoms with Crippen LogP contribution in [0, 0.1) is 5.41 Å². The van der Waals surface area contributed by atoms with Crippen LogP contribution in [0.15, 0.2) is 25.8 Å². The van der Waals surface area contributed by atoms with E-state index < -0.39 is 21.7 Å². The average Bonchev–Trinajstić information content (AvgIpc) is 2.86. The van der Waals surface area contributed by atoms with Gasteiger partial charge in [-0.25, -0.2) is 4.79 Å². The zero-order valence-electron chi connectivity index (χ0n) is 18.7. The van der Waals surface area contributed by atoms with Crippen molar-refractivity contribution in [2.75, 3.05) is 13.1 Å². The smallest absolute Gasteiger partial charge is 0.410 e. The van der Waals surface area contributed by atoms with E-state index in [1.807, 2.05) is 48.5 Å². The number of nitrogens with zero attached hydrogens (tertiary/aromatic N) is 4. The van der Waals surface area contributed by atoms with Gasteiger partial charge in [0.2, 0.25) is 0 Å². The quantitative estimate of drug-likeness (QED) is 0.501. The first kappa shape index (κ1) is 23.6. The van der Waals surface area contributed by atoms with Crippen molar-refractivity contribution in [3.05, 3.63) is 11.4 Å². The van der Waals surface area contributed by atoms with E-state index in [4.69, 9.17) is 4.74 Å². The molecule has 162 valence electrons. The zero-order chi connectivity index (χ0) is 22.0. The molecule has 7 nitrogen and oxygen atoms in total. The first-order valence-electron chi connectivity index (χ1n) is 10.0. The van der Waals surface area contributed by atoms with Crippen molar-refractivity contribution < 1.29 is 14.1 Å². The van der Waals surface area contributed by atoms with Crippen LogP contribution in [0.1, 0.15) is 67.7 Å². The van der Waals surface area contributed by atoms with Crippen molar-refractivity contribution >= 4 is 36.1 Å². The number of ether oxygens (including phenoxy) is 1. The molecule has 1 spiro atoms. The lowest BCUT2D eigenvalue weighted by molar-refractivity contribution is 0.0159. The Morgan fingerprint density at radius 3 is 2.28 bits per heavy atom. The third-order valence-corrected chi connectivity index (χ3v) is 6.42. The van der Waals surface area contributed by atoms with E-state index in [0.717, 1.165) is 5.70 Å². The fourth-order valence-electron chi connectivity index (χ4n) is 3.52. The monoisotopic (exact) mass is 422 g/mol. The van der Waals surface area contributed by atoms with Crippen molar-refractivity contribution in [2.24, 2.45) is 19.8 Å². The number of aliphatic imine (C=N–C) groups is 2. The van der Waals surface area contributed by atoms with Crippen LogP contribution in [0.2, 0.25) is 0 Å². The molecule has 2 rings (SSSR count). The van der Waals surface area contributed by atoms with Gasteiger partial charge in [-0.2, -0.15) is 0 Å². The number of hydrogen-bond donors (Lipinski definition) is 0. The summed E-state index contributed by atoms with van der Waals surface area (Å²) in [6.07, 6.45) is 3.47. The average molecular weight is 423 g/mol. The van der Waals surface area contributed by atoms with Crippen LogP contribution in [0.5, 0.6) is 0 Å². The Labute approximate surface area is 177 Å². The van der Waals surface area contributed by atoms with Crippen LogP contribution in [-0.2, 0) is 16.1 Å². The Balaban J connectivity index is 2.32. The highest BCUT2D eigenvalue weighted by molar-refractivity contribution is 7.91. The van der Waals surface area contributed by atoms with Gasteiger partial charge < -0.3 is 14.2 Å². The molecule has 1 atom stereocenters. The van der Waals surface area contributed by atoms with Crippen molar-refractivity contribution in [1.29, 1.82) is 0 Å². The number of amides is 1. The molecule has 0 aromatic heterocycles. The number of hydrogen-bond acceptors (Lipinski definition) is 6. The summed E-state index contributed by atoms with van der Waals surface area (Å²) < 4.78 is 22.5. The fourth-order valence-corrected chi connectivity index (χ4v) is 4.24. The molecule has 0 bridgehead atoms. The summed E-state index contributed by atoms with van der Waals surface area (Å²) in [5, 5.41) is 0. The predicted octanol–water partition coefficient (Wildman–Crippen LogP) is 4.31. The van der Waals surface area contributed by atoms with Gasteiger partial charge in [0.1, 0.15) is 33.1 Å². The number of likely N-dealkylation sites (tertiary alicyclic amines) is 1. The van der Waals surface area contributed by atoms with Crippen LogP contribution < -0.4 is 0 Å². The van der Waals surface area contributed by atoms with E-state index in [1.54, 1.807) is 11.1 Å². The van der Waals surface area contributed by atoms with Crippen LogP contribution in [0.25, 0.3) is 0 Å².